The van der Waals surface area contributed by atoms with Crippen molar-refractivity contribution in [2.45, 2.75) is 20.4 Å². The predicted molar refractivity (Wildman–Crippen MR) is 107 cm³/mol. The van der Waals surface area contributed by atoms with E-state index in [-0.39, 0.29) is 17.8 Å². The Hall–Kier alpha value is -2.64. The first-order valence-corrected chi connectivity index (χ1v) is 9.38. The number of hydrogen-bond acceptors (Lipinski definition) is 6. The van der Waals surface area contributed by atoms with Crippen LogP contribution in [0.25, 0.3) is 0 Å². The first-order valence-electron chi connectivity index (χ1n) is 9.38. The molecule has 1 aromatic rings. The molecule has 0 amide bonds. The lowest BCUT2D eigenvalue weighted by atomic mass is 9.99. The minimum atomic E-state index is -0.177. The third kappa shape index (κ3) is 4.79. The van der Waals surface area contributed by atoms with Gasteiger partial charge in [0.25, 0.3) is 0 Å². The molecule has 1 aromatic carbocycles. The Morgan fingerprint density at radius 2 is 1.79 bits per heavy atom. The minimum absolute atomic E-state index is 0.154. The normalized spacial score (nSPS) is 19.4. The number of esters is 1. The monoisotopic (exact) mass is 393 g/mol. The van der Waals surface area contributed by atoms with E-state index in [0.29, 0.717) is 30.3 Å². The average Bonchev–Trinajstić information content (AvgIpc) is 3.11. The second-order valence-corrected chi connectivity index (χ2v) is 6.69. The molecule has 1 aliphatic rings. The van der Waals surface area contributed by atoms with Gasteiger partial charge in [0, 0.05) is 31.8 Å². The summed E-state index contributed by atoms with van der Waals surface area (Å²) in [6.07, 6.45) is 0. The Kier molecular flexibility index (Phi) is 7.78. The first-order chi connectivity index (χ1) is 13.5. The Balaban J connectivity index is 2.27. The highest BCUT2D eigenvalue weighted by atomic mass is 16.5. The Morgan fingerprint density at radius 3 is 2.29 bits per heavy atom. The summed E-state index contributed by atoms with van der Waals surface area (Å²) in [6, 6.07) is 3.62. The molecule has 0 bridgehead atoms. The number of hydrogen-bond donors (Lipinski definition) is 1. The number of methoxy groups -OCH3 is 4. The number of benzene rings is 1. The van der Waals surface area contributed by atoms with Crippen LogP contribution in [0.2, 0.25) is 0 Å². The molecule has 8 nitrogen and oxygen atoms in total. The highest BCUT2D eigenvalue weighted by Gasteiger charge is 2.36. The van der Waals surface area contributed by atoms with E-state index in [4.69, 9.17) is 23.9 Å². The second-order valence-electron chi connectivity index (χ2n) is 6.69. The molecule has 0 radical (unpaired) electrons. The van der Waals surface area contributed by atoms with Gasteiger partial charge >= 0.3 is 5.97 Å². The Labute approximate surface area is 166 Å². The van der Waals surface area contributed by atoms with Gasteiger partial charge in [-0.1, -0.05) is 6.92 Å². The van der Waals surface area contributed by atoms with Gasteiger partial charge in [0.15, 0.2) is 5.96 Å². The van der Waals surface area contributed by atoms with Crippen LogP contribution in [0.5, 0.6) is 17.2 Å². The topological polar surface area (TPSA) is 81.6 Å². The zero-order valence-electron chi connectivity index (χ0n) is 17.6. The molecule has 8 heteroatoms. The van der Waals surface area contributed by atoms with Crippen LogP contribution in [0.1, 0.15) is 19.4 Å². The van der Waals surface area contributed by atoms with Crippen LogP contribution in [0.4, 0.5) is 0 Å². The summed E-state index contributed by atoms with van der Waals surface area (Å²) in [5.74, 6) is 2.57. The fourth-order valence-corrected chi connectivity index (χ4v) is 3.41. The fourth-order valence-electron chi connectivity index (χ4n) is 3.41. The second kappa shape index (κ2) is 10.1. The molecule has 0 saturated carbocycles. The molecule has 156 valence electrons. The lowest BCUT2D eigenvalue weighted by Gasteiger charge is -2.22. The molecule has 2 atom stereocenters. The molecular formula is C20H31N3O5. The lowest BCUT2D eigenvalue weighted by Crippen LogP contribution is -2.40. The van der Waals surface area contributed by atoms with Crippen LogP contribution in [0.15, 0.2) is 17.1 Å². The van der Waals surface area contributed by atoms with Crippen molar-refractivity contribution in [3.8, 4) is 17.2 Å². The fraction of sp³-hybridized carbons (Fsp3) is 0.600. The van der Waals surface area contributed by atoms with Gasteiger partial charge in [0.05, 0.1) is 46.5 Å². The number of rotatable bonds is 7. The molecule has 1 fully saturated rings. The molecule has 1 saturated heterocycles. The number of guanidine groups is 1. The van der Waals surface area contributed by atoms with Gasteiger partial charge in [-0.3, -0.25) is 4.79 Å². The first kappa shape index (κ1) is 21.7. The average molecular weight is 393 g/mol. The maximum atomic E-state index is 12.0. The Bertz CT molecular complexity index is 682. The quantitative estimate of drug-likeness (QED) is 0.431. The summed E-state index contributed by atoms with van der Waals surface area (Å²) in [4.78, 5) is 18.9. The van der Waals surface area contributed by atoms with Crippen LogP contribution < -0.4 is 19.5 Å². The number of aliphatic imine (C=N–C) groups is 1. The molecule has 2 rings (SSSR count). The summed E-state index contributed by atoms with van der Waals surface area (Å²) >= 11 is 0. The standard InChI is InChI=1S/C20H31N3O5/c1-7-21-20(23-11-13(2)16(12-23)19(24)28-6)22-10-15-17(26-4)8-14(25-3)9-18(15)27-5/h8-9,13,16H,7,10-12H2,1-6H3,(H,21,22). The number of carbonyl (C=O) groups is 1. The number of ether oxygens (including phenoxy) is 4. The molecule has 1 heterocycles. The highest BCUT2D eigenvalue weighted by molar-refractivity contribution is 5.82. The van der Waals surface area contributed by atoms with E-state index in [1.165, 1.54) is 7.11 Å². The summed E-state index contributed by atoms with van der Waals surface area (Å²) in [5.41, 5.74) is 0.831. The zero-order valence-corrected chi connectivity index (χ0v) is 17.6. The van der Waals surface area contributed by atoms with Crippen molar-refractivity contribution in [2.24, 2.45) is 16.8 Å². The van der Waals surface area contributed by atoms with E-state index in [0.717, 1.165) is 24.6 Å². The van der Waals surface area contributed by atoms with Crippen molar-refractivity contribution >= 4 is 11.9 Å². The number of likely N-dealkylation sites (tertiary alicyclic amines) is 1. The van der Waals surface area contributed by atoms with E-state index in [1.807, 2.05) is 19.1 Å². The third-order valence-corrected chi connectivity index (χ3v) is 4.95. The van der Waals surface area contributed by atoms with E-state index < -0.39 is 0 Å². The van der Waals surface area contributed by atoms with Crippen molar-refractivity contribution in [1.29, 1.82) is 0 Å². The number of nitrogens with one attached hydrogen (secondary N) is 1. The van der Waals surface area contributed by atoms with E-state index in [9.17, 15) is 4.79 Å². The maximum absolute atomic E-state index is 12.0. The van der Waals surface area contributed by atoms with Gasteiger partial charge in [-0.25, -0.2) is 4.99 Å². The third-order valence-electron chi connectivity index (χ3n) is 4.95. The number of carbonyl (C=O) groups excluding carboxylic acids is 1. The minimum Gasteiger partial charge on any atom is -0.496 e. The SMILES string of the molecule is CCNC(=NCc1c(OC)cc(OC)cc1OC)N1CC(C)C(C(=O)OC)C1. The lowest BCUT2D eigenvalue weighted by molar-refractivity contribution is -0.145. The zero-order chi connectivity index (χ0) is 20.7. The van der Waals surface area contributed by atoms with E-state index >= 15 is 0 Å². The van der Waals surface area contributed by atoms with Crippen molar-refractivity contribution < 1.29 is 23.7 Å². The smallest absolute Gasteiger partial charge is 0.310 e. The van der Waals surface area contributed by atoms with Gasteiger partial charge in [0.2, 0.25) is 0 Å². The van der Waals surface area contributed by atoms with Gasteiger partial charge < -0.3 is 29.2 Å². The van der Waals surface area contributed by atoms with Gasteiger partial charge in [0.1, 0.15) is 17.2 Å². The van der Waals surface area contributed by atoms with Crippen molar-refractivity contribution in [3.63, 3.8) is 0 Å². The van der Waals surface area contributed by atoms with Crippen LogP contribution in [-0.4, -0.2) is 64.9 Å². The molecule has 0 aliphatic carbocycles. The largest absolute Gasteiger partial charge is 0.496 e. The van der Waals surface area contributed by atoms with Crippen LogP contribution in [0.3, 0.4) is 0 Å². The molecule has 0 aromatic heterocycles. The summed E-state index contributed by atoms with van der Waals surface area (Å²) in [7, 11) is 6.24. The maximum Gasteiger partial charge on any atom is 0.310 e. The van der Waals surface area contributed by atoms with Crippen molar-refractivity contribution in [1.82, 2.24) is 10.2 Å². The Morgan fingerprint density at radius 1 is 1.14 bits per heavy atom. The van der Waals surface area contributed by atoms with Crippen LogP contribution in [-0.2, 0) is 16.1 Å². The van der Waals surface area contributed by atoms with Crippen LogP contribution in [0, 0.1) is 11.8 Å². The summed E-state index contributed by atoms with van der Waals surface area (Å²) < 4.78 is 21.2. The molecule has 2 unspecified atom stereocenters. The summed E-state index contributed by atoms with van der Waals surface area (Å²) in [6.45, 7) is 6.48. The van der Waals surface area contributed by atoms with Gasteiger partial charge in [-0.15, -0.1) is 0 Å². The van der Waals surface area contributed by atoms with Gasteiger partial charge in [-0.05, 0) is 12.8 Å². The molecular weight excluding hydrogens is 362 g/mol. The predicted octanol–water partition coefficient (Wildman–Crippen LogP) is 1.92. The highest BCUT2D eigenvalue weighted by Crippen LogP contribution is 2.34. The molecule has 28 heavy (non-hydrogen) atoms. The molecule has 0 spiro atoms. The number of nitrogens with zero attached hydrogens (tertiary/aromatic N) is 2. The van der Waals surface area contributed by atoms with E-state index in [2.05, 4.69) is 17.1 Å². The summed E-state index contributed by atoms with van der Waals surface area (Å²) in [5, 5.41) is 3.31. The molecule has 1 N–H and O–H groups in total. The van der Waals surface area contributed by atoms with Crippen molar-refractivity contribution in [2.75, 3.05) is 48.1 Å². The van der Waals surface area contributed by atoms with Crippen molar-refractivity contribution in [3.05, 3.63) is 17.7 Å². The van der Waals surface area contributed by atoms with E-state index in [1.54, 1.807) is 21.3 Å². The van der Waals surface area contributed by atoms with Crippen LogP contribution >= 0.6 is 0 Å². The van der Waals surface area contributed by atoms with Gasteiger partial charge in [-0.2, -0.15) is 0 Å². The molecule has 1 aliphatic heterocycles.